The normalized spacial score (nSPS) is 15.0. The van der Waals surface area contributed by atoms with Gasteiger partial charge in [-0.15, -0.1) is 0 Å². The van der Waals surface area contributed by atoms with Crippen molar-refractivity contribution in [3.05, 3.63) is 59.7 Å². The van der Waals surface area contributed by atoms with E-state index in [9.17, 15) is 18.0 Å². The Kier molecular flexibility index (Phi) is 7.89. The van der Waals surface area contributed by atoms with Crippen molar-refractivity contribution in [1.29, 1.82) is 0 Å². The van der Waals surface area contributed by atoms with Gasteiger partial charge in [-0.2, -0.15) is 13.2 Å². The second-order valence-electron chi connectivity index (χ2n) is 7.92. The van der Waals surface area contributed by atoms with Gasteiger partial charge in [0.05, 0.1) is 25.4 Å². The molecule has 2 aromatic carbocycles. The first-order chi connectivity index (χ1) is 15.7. The Hall–Kier alpha value is -3.16. The molecule has 0 spiro atoms. The zero-order valence-corrected chi connectivity index (χ0v) is 19.0. The summed E-state index contributed by atoms with van der Waals surface area (Å²) in [5, 5.41) is 1.98. The topological polar surface area (TPSA) is 50.8 Å². The lowest BCUT2D eigenvalue weighted by atomic mass is 9.97. The minimum Gasteiger partial charge on any atom is -0.494 e. The van der Waals surface area contributed by atoms with E-state index >= 15 is 0 Å². The van der Waals surface area contributed by atoms with Crippen LogP contribution >= 0.6 is 0 Å². The van der Waals surface area contributed by atoms with Crippen LogP contribution < -0.4 is 19.7 Å². The standard InChI is InChI=1S/C25H29F3N2O3/c1-4-15-33-21-9-10-22(23(16-21)32-3)30-13-11-20(12-14-30)19-7-5-18(6-8-19)17(2)29-24(31)25(26,27)28/h5-11,16-17H,4,12-15H2,1-3H3,(H,29,31). The average molecular weight is 463 g/mol. The molecule has 2 aromatic rings. The van der Waals surface area contributed by atoms with Crippen LogP contribution in [0.2, 0.25) is 0 Å². The number of carbonyl (C=O) groups is 1. The average Bonchev–Trinajstić information content (AvgIpc) is 2.82. The number of rotatable bonds is 8. The molecule has 0 saturated heterocycles. The van der Waals surface area contributed by atoms with Gasteiger partial charge in [-0.1, -0.05) is 37.3 Å². The van der Waals surface area contributed by atoms with Crippen LogP contribution in [0.1, 0.15) is 43.9 Å². The van der Waals surface area contributed by atoms with Gasteiger partial charge in [-0.05, 0) is 48.6 Å². The third kappa shape index (κ3) is 6.21. The van der Waals surface area contributed by atoms with Crippen molar-refractivity contribution in [2.75, 3.05) is 31.7 Å². The largest absolute Gasteiger partial charge is 0.494 e. The fourth-order valence-electron chi connectivity index (χ4n) is 3.73. The molecule has 1 atom stereocenters. The Morgan fingerprint density at radius 3 is 2.48 bits per heavy atom. The van der Waals surface area contributed by atoms with Crippen LogP contribution in [0.4, 0.5) is 18.9 Å². The first kappa shape index (κ1) is 24.5. The lowest BCUT2D eigenvalue weighted by molar-refractivity contribution is -0.174. The molecular formula is C25H29F3N2O3. The Morgan fingerprint density at radius 1 is 1.18 bits per heavy atom. The molecule has 3 rings (SSSR count). The van der Waals surface area contributed by atoms with Gasteiger partial charge in [0.25, 0.3) is 0 Å². The van der Waals surface area contributed by atoms with Gasteiger partial charge in [0.2, 0.25) is 0 Å². The van der Waals surface area contributed by atoms with Crippen LogP contribution in [0.25, 0.3) is 5.57 Å². The van der Waals surface area contributed by atoms with Gasteiger partial charge >= 0.3 is 12.1 Å². The predicted octanol–water partition coefficient (Wildman–Crippen LogP) is 5.52. The molecule has 178 valence electrons. The maximum Gasteiger partial charge on any atom is 0.471 e. The van der Waals surface area contributed by atoms with Crippen LogP contribution in [-0.4, -0.2) is 38.9 Å². The Bertz CT molecular complexity index is 987. The summed E-state index contributed by atoms with van der Waals surface area (Å²) in [7, 11) is 1.65. The molecule has 0 saturated carbocycles. The first-order valence-corrected chi connectivity index (χ1v) is 11.0. The van der Waals surface area contributed by atoms with Crippen LogP contribution in [0.15, 0.2) is 48.5 Å². The summed E-state index contributed by atoms with van der Waals surface area (Å²) in [6.07, 6.45) is -0.990. The van der Waals surface area contributed by atoms with E-state index in [0.717, 1.165) is 42.1 Å². The summed E-state index contributed by atoms with van der Waals surface area (Å²) in [4.78, 5) is 13.4. The molecule has 1 unspecified atom stereocenters. The predicted molar refractivity (Wildman–Crippen MR) is 123 cm³/mol. The Labute approximate surface area is 192 Å². The molecule has 0 aliphatic carbocycles. The summed E-state index contributed by atoms with van der Waals surface area (Å²) in [5.74, 6) is -0.388. The van der Waals surface area contributed by atoms with Gasteiger partial charge in [-0.25, -0.2) is 0 Å². The van der Waals surface area contributed by atoms with E-state index in [2.05, 4.69) is 17.9 Å². The van der Waals surface area contributed by atoms with E-state index in [1.165, 1.54) is 12.5 Å². The van der Waals surface area contributed by atoms with Crippen LogP contribution in [0.5, 0.6) is 11.5 Å². The smallest absolute Gasteiger partial charge is 0.471 e. The van der Waals surface area contributed by atoms with E-state index < -0.39 is 18.1 Å². The summed E-state index contributed by atoms with van der Waals surface area (Å²) in [6, 6.07) is 12.4. The number of nitrogens with zero attached hydrogens (tertiary/aromatic N) is 1. The first-order valence-electron chi connectivity index (χ1n) is 11.0. The van der Waals surface area contributed by atoms with Gasteiger partial charge in [-0.3, -0.25) is 4.79 Å². The third-order valence-electron chi connectivity index (χ3n) is 5.56. The molecule has 1 amide bonds. The van der Waals surface area contributed by atoms with E-state index in [-0.39, 0.29) is 0 Å². The van der Waals surface area contributed by atoms with Gasteiger partial charge < -0.3 is 19.7 Å². The quantitative estimate of drug-likeness (QED) is 0.562. The van der Waals surface area contributed by atoms with Crippen molar-refractivity contribution in [3.8, 4) is 11.5 Å². The lowest BCUT2D eigenvalue weighted by Crippen LogP contribution is -2.38. The monoisotopic (exact) mass is 462 g/mol. The number of alkyl halides is 3. The van der Waals surface area contributed by atoms with Crippen LogP contribution in [-0.2, 0) is 4.79 Å². The zero-order chi connectivity index (χ0) is 24.0. The number of halogens is 3. The van der Waals surface area contributed by atoms with Crippen molar-refractivity contribution in [1.82, 2.24) is 5.32 Å². The van der Waals surface area contributed by atoms with Gasteiger partial charge in [0, 0.05) is 19.2 Å². The summed E-state index contributed by atoms with van der Waals surface area (Å²) in [6.45, 7) is 5.76. The SMILES string of the molecule is CCCOc1ccc(N2CC=C(c3ccc(C(C)NC(=O)C(F)(F)F)cc3)CC2)c(OC)c1. The van der Waals surface area contributed by atoms with E-state index in [1.54, 1.807) is 19.2 Å². The number of nitrogens with one attached hydrogen (secondary N) is 1. The molecule has 0 radical (unpaired) electrons. The second kappa shape index (κ2) is 10.6. The third-order valence-corrected chi connectivity index (χ3v) is 5.56. The molecule has 1 heterocycles. The zero-order valence-electron chi connectivity index (χ0n) is 19.0. The van der Waals surface area contributed by atoms with Crippen molar-refractivity contribution in [3.63, 3.8) is 0 Å². The van der Waals surface area contributed by atoms with Gasteiger partial charge in [0.1, 0.15) is 11.5 Å². The molecule has 8 heteroatoms. The highest BCUT2D eigenvalue weighted by molar-refractivity contribution is 5.82. The number of amides is 1. The number of benzene rings is 2. The molecule has 1 aliphatic rings. The van der Waals surface area contributed by atoms with Crippen LogP contribution in [0, 0.1) is 0 Å². The molecule has 0 fully saturated rings. The number of hydrogen-bond donors (Lipinski definition) is 1. The molecular weight excluding hydrogens is 433 g/mol. The molecule has 5 nitrogen and oxygen atoms in total. The number of methoxy groups -OCH3 is 1. The highest BCUT2D eigenvalue weighted by atomic mass is 19.4. The van der Waals surface area contributed by atoms with Crippen molar-refractivity contribution >= 4 is 17.2 Å². The van der Waals surface area contributed by atoms with Crippen molar-refractivity contribution in [2.45, 2.75) is 38.9 Å². The van der Waals surface area contributed by atoms with Crippen LogP contribution in [0.3, 0.4) is 0 Å². The number of carbonyl (C=O) groups excluding carboxylic acids is 1. The van der Waals surface area contributed by atoms with Crippen molar-refractivity contribution < 1.29 is 27.4 Å². The molecule has 33 heavy (non-hydrogen) atoms. The molecule has 1 aliphatic heterocycles. The summed E-state index contributed by atoms with van der Waals surface area (Å²) < 4.78 is 48.7. The molecule has 1 N–H and O–H groups in total. The highest BCUT2D eigenvalue weighted by Crippen LogP contribution is 2.35. The van der Waals surface area contributed by atoms with Crippen molar-refractivity contribution in [2.24, 2.45) is 0 Å². The molecule has 0 aromatic heterocycles. The maximum absolute atomic E-state index is 12.5. The Morgan fingerprint density at radius 2 is 1.91 bits per heavy atom. The van der Waals surface area contributed by atoms with E-state index in [1.807, 2.05) is 35.6 Å². The maximum atomic E-state index is 12.5. The minimum atomic E-state index is -4.89. The lowest BCUT2D eigenvalue weighted by Gasteiger charge is -2.30. The fraction of sp³-hybridized carbons (Fsp3) is 0.400. The highest BCUT2D eigenvalue weighted by Gasteiger charge is 2.39. The van der Waals surface area contributed by atoms with E-state index in [4.69, 9.17) is 9.47 Å². The Balaban J connectivity index is 1.66. The summed E-state index contributed by atoms with van der Waals surface area (Å²) >= 11 is 0. The van der Waals surface area contributed by atoms with Gasteiger partial charge in [0.15, 0.2) is 0 Å². The number of anilines is 1. The molecule has 0 bridgehead atoms. The second-order valence-corrected chi connectivity index (χ2v) is 7.92. The summed E-state index contributed by atoms with van der Waals surface area (Å²) in [5.41, 5.74) is 3.81. The fourth-order valence-corrected chi connectivity index (χ4v) is 3.73. The minimum absolute atomic E-state index is 0.615. The number of hydrogen-bond acceptors (Lipinski definition) is 4. The van der Waals surface area contributed by atoms with E-state index in [0.29, 0.717) is 18.7 Å². The number of ether oxygens (including phenoxy) is 2.